The van der Waals surface area contributed by atoms with Crippen LogP contribution >= 0.6 is 0 Å². The predicted molar refractivity (Wildman–Crippen MR) is 82.6 cm³/mol. The van der Waals surface area contributed by atoms with Crippen LogP contribution in [0.25, 0.3) is 0 Å². The van der Waals surface area contributed by atoms with E-state index in [1.54, 1.807) is 12.1 Å². The molecule has 1 aromatic carbocycles. The molecule has 1 aromatic rings. The number of hydrogen-bond donors (Lipinski definition) is 2. The lowest BCUT2D eigenvalue weighted by atomic mass is 9.98. The number of carbonyl (C=O) groups excluding carboxylic acids is 1. The van der Waals surface area contributed by atoms with Gasteiger partial charge in [0.1, 0.15) is 5.75 Å². The molecular formula is C17H25NO3. The third-order valence-corrected chi connectivity index (χ3v) is 4.02. The summed E-state index contributed by atoms with van der Waals surface area (Å²) in [6, 6.07) is 7.07. The van der Waals surface area contributed by atoms with Crippen molar-refractivity contribution in [3.63, 3.8) is 0 Å². The molecule has 0 radical (unpaired) electrons. The Hall–Kier alpha value is -1.55. The second-order valence-corrected chi connectivity index (χ2v) is 5.66. The van der Waals surface area contributed by atoms with Crippen LogP contribution in [0.15, 0.2) is 24.3 Å². The van der Waals surface area contributed by atoms with E-state index in [1.165, 1.54) is 19.3 Å². The van der Waals surface area contributed by atoms with E-state index >= 15 is 0 Å². The van der Waals surface area contributed by atoms with Gasteiger partial charge in [0, 0.05) is 5.56 Å². The molecule has 116 valence electrons. The molecule has 0 bridgehead atoms. The highest BCUT2D eigenvalue weighted by atomic mass is 16.5. The van der Waals surface area contributed by atoms with E-state index in [1.807, 2.05) is 19.1 Å². The Bertz CT molecular complexity index is 434. The van der Waals surface area contributed by atoms with Gasteiger partial charge in [0.25, 0.3) is 5.91 Å². The number of benzene rings is 1. The molecule has 0 saturated heterocycles. The molecule has 1 atom stereocenters. The minimum Gasteiger partial charge on any atom is -0.490 e. The van der Waals surface area contributed by atoms with Gasteiger partial charge in [-0.05, 0) is 56.4 Å². The van der Waals surface area contributed by atoms with E-state index in [9.17, 15) is 4.79 Å². The zero-order valence-corrected chi connectivity index (χ0v) is 12.7. The third kappa shape index (κ3) is 4.74. The number of aliphatic hydroxyl groups is 1. The van der Waals surface area contributed by atoms with Crippen molar-refractivity contribution in [3.05, 3.63) is 29.8 Å². The highest BCUT2D eigenvalue weighted by Gasteiger charge is 2.15. The maximum Gasteiger partial charge on any atom is 0.251 e. The lowest BCUT2D eigenvalue weighted by Gasteiger charge is -2.23. The molecule has 1 saturated carbocycles. The van der Waals surface area contributed by atoms with Gasteiger partial charge in [-0.3, -0.25) is 4.79 Å². The van der Waals surface area contributed by atoms with Crippen molar-refractivity contribution < 1.29 is 14.6 Å². The van der Waals surface area contributed by atoms with Crippen molar-refractivity contribution in [2.24, 2.45) is 0 Å². The first-order valence-corrected chi connectivity index (χ1v) is 7.91. The quantitative estimate of drug-likeness (QED) is 0.847. The number of aliphatic hydroxyl groups excluding tert-OH is 1. The fraction of sp³-hybridized carbons (Fsp3) is 0.588. The average molecular weight is 291 g/mol. The molecule has 4 heteroatoms. The van der Waals surface area contributed by atoms with Gasteiger partial charge in [-0.15, -0.1) is 0 Å². The van der Waals surface area contributed by atoms with Crippen molar-refractivity contribution in [1.82, 2.24) is 5.32 Å². The van der Waals surface area contributed by atoms with Crippen LogP contribution < -0.4 is 10.1 Å². The summed E-state index contributed by atoms with van der Waals surface area (Å²) in [7, 11) is 0. The van der Waals surface area contributed by atoms with Crippen LogP contribution in [0.2, 0.25) is 0 Å². The lowest BCUT2D eigenvalue weighted by molar-refractivity contribution is 0.0915. The minimum atomic E-state index is -0.185. The number of rotatable bonds is 6. The second kappa shape index (κ2) is 8.03. The van der Waals surface area contributed by atoms with Crippen molar-refractivity contribution in [2.45, 2.75) is 57.6 Å². The van der Waals surface area contributed by atoms with Crippen LogP contribution in [0.3, 0.4) is 0 Å². The van der Waals surface area contributed by atoms with Gasteiger partial charge in [0.05, 0.1) is 18.8 Å². The SMILES string of the molecule is CCC(CO)NC(=O)c1ccc(OC2CCCCC2)cc1. The summed E-state index contributed by atoms with van der Waals surface area (Å²) in [6.45, 7) is 1.90. The normalized spacial score (nSPS) is 17.2. The summed E-state index contributed by atoms with van der Waals surface area (Å²) in [5.74, 6) is 0.674. The summed E-state index contributed by atoms with van der Waals surface area (Å²) >= 11 is 0. The van der Waals surface area contributed by atoms with Gasteiger partial charge in [0.15, 0.2) is 0 Å². The van der Waals surface area contributed by atoms with Gasteiger partial charge in [-0.25, -0.2) is 0 Å². The van der Waals surface area contributed by atoms with Gasteiger partial charge < -0.3 is 15.2 Å². The van der Waals surface area contributed by atoms with E-state index in [0.717, 1.165) is 18.6 Å². The first-order chi connectivity index (χ1) is 10.2. The summed E-state index contributed by atoms with van der Waals surface area (Å²) in [5, 5.41) is 11.9. The Morgan fingerprint density at radius 1 is 1.29 bits per heavy atom. The molecule has 1 unspecified atom stereocenters. The first kappa shape index (κ1) is 15.8. The van der Waals surface area contributed by atoms with E-state index in [0.29, 0.717) is 18.1 Å². The van der Waals surface area contributed by atoms with Crippen LogP contribution in [0.1, 0.15) is 55.8 Å². The van der Waals surface area contributed by atoms with E-state index in [4.69, 9.17) is 9.84 Å². The Morgan fingerprint density at radius 2 is 1.95 bits per heavy atom. The topological polar surface area (TPSA) is 58.6 Å². The smallest absolute Gasteiger partial charge is 0.251 e. The summed E-state index contributed by atoms with van der Waals surface area (Å²) in [4.78, 5) is 12.0. The highest BCUT2D eigenvalue weighted by molar-refractivity contribution is 5.94. The van der Waals surface area contributed by atoms with Crippen molar-refractivity contribution in [1.29, 1.82) is 0 Å². The Morgan fingerprint density at radius 3 is 2.52 bits per heavy atom. The molecule has 0 spiro atoms. The molecule has 1 amide bonds. The van der Waals surface area contributed by atoms with Gasteiger partial charge in [-0.1, -0.05) is 13.3 Å². The molecule has 1 aliphatic rings. The molecule has 0 aromatic heterocycles. The fourth-order valence-electron chi connectivity index (χ4n) is 2.61. The van der Waals surface area contributed by atoms with Crippen molar-refractivity contribution >= 4 is 5.91 Å². The van der Waals surface area contributed by atoms with Crippen molar-refractivity contribution in [3.8, 4) is 5.75 Å². The number of carbonyl (C=O) groups is 1. The van der Waals surface area contributed by atoms with Crippen LogP contribution in [-0.2, 0) is 0 Å². The molecule has 4 nitrogen and oxygen atoms in total. The third-order valence-electron chi connectivity index (χ3n) is 4.02. The number of ether oxygens (including phenoxy) is 1. The maximum atomic E-state index is 12.0. The van der Waals surface area contributed by atoms with Gasteiger partial charge in [0.2, 0.25) is 0 Å². The summed E-state index contributed by atoms with van der Waals surface area (Å²) < 4.78 is 5.94. The van der Waals surface area contributed by atoms with E-state index in [2.05, 4.69) is 5.32 Å². The van der Waals surface area contributed by atoms with Crippen LogP contribution in [-0.4, -0.2) is 29.8 Å². The number of amides is 1. The molecule has 1 fully saturated rings. The molecular weight excluding hydrogens is 266 g/mol. The number of hydrogen-bond acceptors (Lipinski definition) is 3. The number of nitrogens with one attached hydrogen (secondary N) is 1. The van der Waals surface area contributed by atoms with Crippen LogP contribution in [0, 0.1) is 0 Å². The zero-order valence-electron chi connectivity index (χ0n) is 12.7. The molecule has 0 aliphatic heterocycles. The highest BCUT2D eigenvalue weighted by Crippen LogP contribution is 2.23. The average Bonchev–Trinajstić information content (AvgIpc) is 2.54. The molecule has 1 aliphatic carbocycles. The van der Waals surface area contributed by atoms with Crippen LogP contribution in [0.4, 0.5) is 0 Å². The van der Waals surface area contributed by atoms with E-state index < -0.39 is 0 Å². The summed E-state index contributed by atoms with van der Waals surface area (Å²) in [5.41, 5.74) is 0.595. The minimum absolute atomic E-state index is 0.0366. The zero-order chi connectivity index (χ0) is 15.1. The maximum absolute atomic E-state index is 12.0. The molecule has 2 rings (SSSR count). The monoisotopic (exact) mass is 291 g/mol. The fourth-order valence-corrected chi connectivity index (χ4v) is 2.61. The standard InChI is InChI=1S/C17H25NO3/c1-2-14(12-19)18-17(20)13-8-10-16(11-9-13)21-15-6-4-3-5-7-15/h8-11,14-15,19H,2-7,12H2,1H3,(H,18,20). The molecule has 0 heterocycles. The largest absolute Gasteiger partial charge is 0.490 e. The second-order valence-electron chi connectivity index (χ2n) is 5.66. The van der Waals surface area contributed by atoms with Crippen LogP contribution in [0.5, 0.6) is 5.75 Å². The Labute approximate surface area is 126 Å². The Balaban J connectivity index is 1.90. The van der Waals surface area contributed by atoms with Crippen molar-refractivity contribution in [2.75, 3.05) is 6.61 Å². The van der Waals surface area contributed by atoms with Gasteiger partial charge >= 0.3 is 0 Å². The van der Waals surface area contributed by atoms with Gasteiger partial charge in [-0.2, -0.15) is 0 Å². The lowest BCUT2D eigenvalue weighted by Crippen LogP contribution is -2.36. The molecule has 21 heavy (non-hydrogen) atoms. The molecule has 2 N–H and O–H groups in total. The Kier molecular flexibility index (Phi) is 6.05. The predicted octanol–water partition coefficient (Wildman–Crippen LogP) is 2.90. The van der Waals surface area contributed by atoms with E-state index in [-0.39, 0.29) is 18.6 Å². The summed E-state index contributed by atoms with van der Waals surface area (Å²) in [6.07, 6.45) is 7.06. The first-order valence-electron chi connectivity index (χ1n) is 7.91.